The summed E-state index contributed by atoms with van der Waals surface area (Å²) in [6.07, 6.45) is 2.50. The summed E-state index contributed by atoms with van der Waals surface area (Å²) in [6, 6.07) is 17.6. The summed E-state index contributed by atoms with van der Waals surface area (Å²) in [4.78, 5) is 17.4. The van der Waals surface area contributed by atoms with E-state index in [1.807, 2.05) is 24.3 Å². The van der Waals surface area contributed by atoms with Crippen molar-refractivity contribution in [3.63, 3.8) is 0 Å². The number of unbranched alkanes of at least 4 members (excludes halogenated alkanes) is 1. The summed E-state index contributed by atoms with van der Waals surface area (Å²) in [6.45, 7) is 6.92. The quantitative estimate of drug-likeness (QED) is 0.217. The second-order valence-electron chi connectivity index (χ2n) is 10.2. The van der Waals surface area contributed by atoms with Gasteiger partial charge in [0.2, 0.25) is 0 Å². The van der Waals surface area contributed by atoms with E-state index < -0.39 is 10.5 Å². The number of fused-ring (bicyclic) bond motifs is 4. The molecule has 39 heavy (non-hydrogen) atoms. The van der Waals surface area contributed by atoms with Crippen LogP contribution in [0, 0.1) is 17.2 Å². The Balaban J connectivity index is 1.86. The van der Waals surface area contributed by atoms with E-state index in [0.29, 0.717) is 40.5 Å². The van der Waals surface area contributed by atoms with Gasteiger partial charge in [-0.25, -0.2) is 0 Å². The van der Waals surface area contributed by atoms with Crippen LogP contribution in [-0.4, -0.2) is 18.0 Å². The van der Waals surface area contributed by atoms with Crippen molar-refractivity contribution in [2.45, 2.75) is 46.6 Å². The number of pyridine rings is 1. The van der Waals surface area contributed by atoms with Crippen molar-refractivity contribution < 1.29 is 16.5 Å². The van der Waals surface area contributed by atoms with Crippen molar-refractivity contribution in [3.8, 4) is 22.9 Å². The van der Waals surface area contributed by atoms with Crippen LogP contribution in [0.3, 0.4) is 0 Å². The zero-order chi connectivity index (χ0) is 27.9. The van der Waals surface area contributed by atoms with Crippen molar-refractivity contribution in [2.24, 2.45) is 5.92 Å². The Kier molecular flexibility index (Phi) is 6.91. The third-order valence-corrected chi connectivity index (χ3v) is 7.26. The molecule has 0 spiro atoms. The molecule has 200 valence electrons. The lowest BCUT2D eigenvalue weighted by molar-refractivity contribution is 0.440. The van der Waals surface area contributed by atoms with Crippen LogP contribution >= 0.6 is 0 Å². The van der Waals surface area contributed by atoms with Crippen LogP contribution in [0.2, 0.25) is 0 Å². The van der Waals surface area contributed by atoms with Gasteiger partial charge in [-0.05, 0) is 71.8 Å². The zero-order valence-corrected chi connectivity index (χ0v) is 22.7. The van der Waals surface area contributed by atoms with Gasteiger partial charge in [-0.3, -0.25) is 4.79 Å². The smallest absolute Gasteiger partial charge is 0.358 e. The Morgan fingerprint density at radius 3 is 2.59 bits per heavy atom. The standard InChI is InChI=1S/C30H28FN3O4S/c1-4-5-11-34-27-16-24(20-7-6-8-22(14-20)38-39(31,36)37)21(12-18(2)3)15-25(27)29(35)28-23-10-9-19(17-32)13-26(23)33-30(28)34/h6-10,13-16,18,33H,4-5,11-12H2,1-3H3. The molecule has 0 aliphatic rings. The molecule has 0 aliphatic carbocycles. The van der Waals surface area contributed by atoms with Crippen LogP contribution < -0.4 is 9.61 Å². The number of aromatic nitrogens is 2. The number of nitriles is 1. The topological polar surface area (TPSA) is 105 Å². The molecule has 7 nitrogen and oxygen atoms in total. The van der Waals surface area contributed by atoms with E-state index in [9.17, 15) is 22.4 Å². The molecule has 5 aromatic rings. The number of hydrogen-bond donors (Lipinski definition) is 1. The van der Waals surface area contributed by atoms with Crippen molar-refractivity contribution in [1.82, 2.24) is 9.55 Å². The number of nitrogens with one attached hydrogen (secondary N) is 1. The largest absolute Gasteiger partial charge is 0.488 e. The Morgan fingerprint density at radius 2 is 1.90 bits per heavy atom. The minimum Gasteiger partial charge on any atom is -0.358 e. The van der Waals surface area contributed by atoms with Gasteiger partial charge in [-0.1, -0.05) is 49.3 Å². The Bertz CT molecular complexity index is 1950. The first-order valence-electron chi connectivity index (χ1n) is 12.9. The molecule has 5 rings (SSSR count). The van der Waals surface area contributed by atoms with Gasteiger partial charge in [0.25, 0.3) is 0 Å². The molecule has 1 N–H and O–H groups in total. The first-order valence-corrected chi connectivity index (χ1v) is 14.2. The summed E-state index contributed by atoms with van der Waals surface area (Å²) >= 11 is 0. The van der Waals surface area contributed by atoms with Crippen LogP contribution in [-0.2, 0) is 23.5 Å². The third kappa shape index (κ3) is 5.12. The lowest BCUT2D eigenvalue weighted by atomic mass is 9.91. The maximum Gasteiger partial charge on any atom is 0.488 e. The number of rotatable bonds is 8. The molecule has 0 atom stereocenters. The number of benzene rings is 3. The Morgan fingerprint density at radius 1 is 1.10 bits per heavy atom. The van der Waals surface area contributed by atoms with Gasteiger partial charge in [0, 0.05) is 22.8 Å². The van der Waals surface area contributed by atoms with E-state index in [4.69, 9.17) is 0 Å². The van der Waals surface area contributed by atoms with E-state index in [2.05, 4.69) is 40.6 Å². The predicted octanol–water partition coefficient (Wildman–Crippen LogP) is 6.77. The number of aromatic amines is 1. The Hall–Kier alpha value is -4.16. The highest BCUT2D eigenvalue weighted by atomic mass is 32.3. The van der Waals surface area contributed by atoms with Crippen molar-refractivity contribution >= 4 is 43.3 Å². The monoisotopic (exact) mass is 545 g/mol. The van der Waals surface area contributed by atoms with Crippen LogP contribution in [0.25, 0.3) is 44.0 Å². The van der Waals surface area contributed by atoms with Gasteiger partial charge >= 0.3 is 10.5 Å². The molecule has 0 bridgehead atoms. The maximum atomic E-state index is 14.0. The number of halogens is 1. The van der Waals surface area contributed by atoms with Crippen LogP contribution in [0.5, 0.6) is 5.75 Å². The highest BCUT2D eigenvalue weighted by Crippen LogP contribution is 2.34. The fourth-order valence-corrected chi connectivity index (χ4v) is 5.57. The van der Waals surface area contributed by atoms with Crippen LogP contribution in [0.4, 0.5) is 3.89 Å². The van der Waals surface area contributed by atoms with E-state index in [1.54, 1.807) is 18.2 Å². The molecule has 2 aromatic heterocycles. The second-order valence-corrected chi connectivity index (χ2v) is 11.1. The molecular weight excluding hydrogens is 517 g/mol. The second kappa shape index (κ2) is 10.2. The molecule has 0 saturated carbocycles. The molecule has 2 heterocycles. The lowest BCUT2D eigenvalue weighted by Gasteiger charge is -2.18. The maximum absolute atomic E-state index is 14.0. The molecule has 9 heteroatoms. The summed E-state index contributed by atoms with van der Waals surface area (Å²) < 4.78 is 42.1. The van der Waals surface area contributed by atoms with Gasteiger partial charge in [0.1, 0.15) is 11.4 Å². The molecular formula is C30H28FN3O4S. The number of H-pyrrole nitrogens is 1. The highest BCUT2D eigenvalue weighted by Gasteiger charge is 2.20. The summed E-state index contributed by atoms with van der Waals surface area (Å²) in [5.74, 6) is 0.142. The van der Waals surface area contributed by atoms with E-state index >= 15 is 0 Å². The molecule has 0 aliphatic heterocycles. The van der Waals surface area contributed by atoms with Crippen LogP contribution in [0.15, 0.2) is 59.4 Å². The first-order chi connectivity index (χ1) is 18.6. The van der Waals surface area contributed by atoms with Crippen LogP contribution in [0.1, 0.15) is 44.7 Å². The van der Waals surface area contributed by atoms with Crippen molar-refractivity contribution in [3.05, 3.63) is 75.9 Å². The average Bonchev–Trinajstić information content (AvgIpc) is 3.26. The minimum absolute atomic E-state index is 0.0964. The number of nitrogens with zero attached hydrogens (tertiary/aromatic N) is 2. The fourth-order valence-electron chi connectivity index (χ4n) is 5.23. The number of hydrogen-bond acceptors (Lipinski definition) is 5. The third-order valence-electron chi connectivity index (χ3n) is 6.87. The van der Waals surface area contributed by atoms with Crippen molar-refractivity contribution in [1.29, 1.82) is 5.26 Å². The van der Waals surface area contributed by atoms with Gasteiger partial charge in [-0.2, -0.15) is 13.7 Å². The first kappa shape index (κ1) is 26.4. The van der Waals surface area contributed by atoms with Gasteiger partial charge < -0.3 is 13.7 Å². The predicted molar refractivity (Wildman–Crippen MR) is 152 cm³/mol. The highest BCUT2D eigenvalue weighted by molar-refractivity contribution is 7.81. The van der Waals surface area contributed by atoms with Gasteiger partial charge in [0.15, 0.2) is 5.43 Å². The molecule has 0 saturated heterocycles. The lowest BCUT2D eigenvalue weighted by Crippen LogP contribution is -2.12. The van der Waals surface area contributed by atoms with E-state index in [0.717, 1.165) is 40.4 Å². The molecule has 0 radical (unpaired) electrons. The zero-order valence-electron chi connectivity index (χ0n) is 21.9. The molecule has 3 aromatic carbocycles. The SMILES string of the molecule is CCCCn1c2cc(-c3cccc(OS(=O)(=O)F)c3)c(CC(C)C)cc2c(=O)c2c3ccc(C#N)cc3[nH]c21. The summed E-state index contributed by atoms with van der Waals surface area (Å²) in [5.41, 5.74) is 4.94. The minimum atomic E-state index is -5.17. The average molecular weight is 546 g/mol. The normalized spacial score (nSPS) is 12.0. The number of aryl methyl sites for hydroxylation is 1. The van der Waals surface area contributed by atoms with E-state index in [1.165, 1.54) is 12.1 Å². The molecule has 0 amide bonds. The van der Waals surface area contributed by atoms with Gasteiger partial charge in [-0.15, -0.1) is 0 Å². The summed E-state index contributed by atoms with van der Waals surface area (Å²) in [5, 5.41) is 11.3. The van der Waals surface area contributed by atoms with E-state index in [-0.39, 0.29) is 17.1 Å². The molecule has 0 fully saturated rings. The Labute approximate surface area is 225 Å². The van der Waals surface area contributed by atoms with Gasteiger partial charge in [0.05, 0.1) is 22.5 Å². The van der Waals surface area contributed by atoms with Crippen molar-refractivity contribution in [2.75, 3.05) is 0 Å². The fraction of sp³-hybridized carbons (Fsp3) is 0.267. The molecule has 0 unspecified atom stereocenters. The summed E-state index contributed by atoms with van der Waals surface area (Å²) in [7, 11) is -5.17.